The molecule has 7 heteroatoms. The van der Waals surface area contributed by atoms with Gasteiger partial charge in [0, 0.05) is 10.9 Å². The molecule has 0 fully saturated rings. The number of carboxylic acid groups (broad SMARTS) is 2. The highest BCUT2D eigenvalue weighted by Crippen LogP contribution is 2.38. The number of carbonyl (C=O) groups is 2. The molecule has 4 rings (SSSR count). The minimum Gasteiger partial charge on any atom is -0.478 e. The molecule has 0 radical (unpaired) electrons. The van der Waals surface area contributed by atoms with E-state index in [1.54, 1.807) is 0 Å². The van der Waals surface area contributed by atoms with Crippen molar-refractivity contribution in [2.45, 2.75) is 12.8 Å². The number of aromatic nitrogens is 1. The lowest BCUT2D eigenvalue weighted by Crippen LogP contribution is -2.01. The van der Waals surface area contributed by atoms with Gasteiger partial charge in [0.1, 0.15) is 5.69 Å². The van der Waals surface area contributed by atoms with Gasteiger partial charge in [0.15, 0.2) is 0 Å². The summed E-state index contributed by atoms with van der Waals surface area (Å²) >= 11 is 0. The van der Waals surface area contributed by atoms with Gasteiger partial charge in [-0.1, -0.05) is 36.4 Å². The Morgan fingerprint density at radius 3 is 2.34 bits per heavy atom. The molecule has 0 amide bonds. The molecule has 0 saturated heterocycles. The third-order valence-corrected chi connectivity index (χ3v) is 4.69. The first kappa shape index (κ1) is 18.4. The molecule has 0 saturated carbocycles. The Balaban J connectivity index is 1.83. The molecule has 0 spiro atoms. The van der Waals surface area contributed by atoms with Gasteiger partial charge in [-0.15, -0.1) is 5.11 Å². The minimum absolute atomic E-state index is 0.155. The van der Waals surface area contributed by atoms with Gasteiger partial charge in [0.2, 0.25) is 0 Å². The van der Waals surface area contributed by atoms with E-state index in [9.17, 15) is 19.8 Å². The topological polar surface area (TPSA) is 115 Å². The summed E-state index contributed by atoms with van der Waals surface area (Å²) in [5.41, 5.74) is 3.36. The van der Waals surface area contributed by atoms with Crippen molar-refractivity contribution in [2.24, 2.45) is 10.2 Å². The maximum atomic E-state index is 11.3. The highest BCUT2D eigenvalue weighted by atomic mass is 16.4. The first-order valence-corrected chi connectivity index (χ1v) is 9.03. The number of hydrogen-bond donors (Lipinski definition) is 3. The Kier molecular flexibility index (Phi) is 4.78. The van der Waals surface area contributed by atoms with Gasteiger partial charge >= 0.3 is 11.9 Å². The standard InChI is InChI=1S/C22H17N3O4/c26-21(27)14-10-15(22(28)29)12-16(11-14)24-25-20-17-8-4-5-9-18(17)23-19(20)13-6-2-1-3-7-13/h1-2,4-6,8-12,23H,3,7H2,(H,26,27)(H,28,29). The van der Waals surface area contributed by atoms with Crippen LogP contribution in [0.1, 0.15) is 39.3 Å². The molecule has 1 aliphatic carbocycles. The van der Waals surface area contributed by atoms with Crippen LogP contribution in [-0.2, 0) is 0 Å². The van der Waals surface area contributed by atoms with Gasteiger partial charge in [-0.3, -0.25) is 0 Å². The SMILES string of the molecule is O=C(O)c1cc(N=Nc2c(C3=CC=CCC3)[nH]c3ccccc23)cc(C(=O)O)c1. The molecular formula is C22H17N3O4. The molecule has 1 aromatic heterocycles. The second-order valence-electron chi connectivity index (χ2n) is 6.63. The van der Waals surface area contributed by atoms with Crippen LogP contribution in [0.2, 0.25) is 0 Å². The van der Waals surface area contributed by atoms with Crippen molar-refractivity contribution in [1.82, 2.24) is 4.98 Å². The molecule has 0 atom stereocenters. The van der Waals surface area contributed by atoms with Crippen molar-refractivity contribution < 1.29 is 19.8 Å². The van der Waals surface area contributed by atoms with Crippen molar-refractivity contribution in [2.75, 3.05) is 0 Å². The fraction of sp³-hybridized carbons (Fsp3) is 0.0909. The predicted molar refractivity (Wildman–Crippen MR) is 109 cm³/mol. The number of H-pyrrole nitrogens is 1. The Hall–Kier alpha value is -4.00. The summed E-state index contributed by atoms with van der Waals surface area (Å²) in [6.45, 7) is 0. The number of fused-ring (bicyclic) bond motifs is 1. The largest absolute Gasteiger partial charge is 0.478 e. The van der Waals surface area contributed by atoms with E-state index in [4.69, 9.17) is 0 Å². The van der Waals surface area contributed by atoms with E-state index in [-0.39, 0.29) is 16.8 Å². The zero-order valence-corrected chi connectivity index (χ0v) is 15.3. The van der Waals surface area contributed by atoms with Gasteiger partial charge in [-0.2, -0.15) is 5.11 Å². The molecule has 0 unspecified atom stereocenters. The summed E-state index contributed by atoms with van der Waals surface area (Å²) in [6.07, 6.45) is 7.92. The Labute approximate surface area is 165 Å². The normalized spacial score (nSPS) is 13.7. The van der Waals surface area contributed by atoms with Crippen molar-refractivity contribution in [3.05, 3.63) is 77.5 Å². The molecule has 0 bridgehead atoms. The number of hydrogen-bond acceptors (Lipinski definition) is 4. The van der Waals surface area contributed by atoms with Gasteiger partial charge in [0.05, 0.1) is 22.5 Å². The average molecular weight is 387 g/mol. The van der Waals surface area contributed by atoms with Crippen LogP contribution in [0.15, 0.2) is 70.9 Å². The third kappa shape index (κ3) is 3.70. The summed E-state index contributed by atoms with van der Waals surface area (Å²) in [7, 11) is 0. The first-order chi connectivity index (χ1) is 14.0. The predicted octanol–water partition coefficient (Wildman–Crippen LogP) is 5.71. The summed E-state index contributed by atoms with van der Waals surface area (Å²) < 4.78 is 0. The zero-order chi connectivity index (χ0) is 20.4. The number of aromatic amines is 1. The number of nitrogens with zero attached hydrogens (tertiary/aromatic N) is 2. The first-order valence-electron chi connectivity index (χ1n) is 9.03. The van der Waals surface area contributed by atoms with Crippen molar-refractivity contribution in [1.29, 1.82) is 0 Å². The number of carboxylic acids is 2. The van der Waals surface area contributed by atoms with Crippen LogP contribution in [0.4, 0.5) is 11.4 Å². The van der Waals surface area contributed by atoms with Crippen molar-refractivity contribution in [3.63, 3.8) is 0 Å². The quantitative estimate of drug-likeness (QED) is 0.486. The molecular weight excluding hydrogens is 370 g/mol. The lowest BCUT2D eigenvalue weighted by Gasteiger charge is -2.08. The van der Waals surface area contributed by atoms with Gasteiger partial charge in [-0.25, -0.2) is 9.59 Å². The number of azo groups is 1. The van der Waals surface area contributed by atoms with Crippen molar-refractivity contribution >= 4 is 39.8 Å². The van der Waals surface area contributed by atoms with Crippen LogP contribution in [-0.4, -0.2) is 27.1 Å². The highest BCUT2D eigenvalue weighted by molar-refractivity contribution is 5.98. The van der Waals surface area contributed by atoms with E-state index < -0.39 is 11.9 Å². The maximum absolute atomic E-state index is 11.3. The van der Waals surface area contributed by atoms with E-state index in [0.29, 0.717) is 5.69 Å². The Bertz CT molecular complexity index is 1190. The van der Waals surface area contributed by atoms with Crippen LogP contribution in [0.5, 0.6) is 0 Å². The van der Waals surface area contributed by atoms with E-state index in [1.807, 2.05) is 36.4 Å². The summed E-state index contributed by atoms with van der Waals surface area (Å²) in [4.78, 5) is 26.0. The monoisotopic (exact) mass is 387 g/mol. The molecule has 1 heterocycles. The minimum atomic E-state index is -1.23. The fourth-order valence-corrected chi connectivity index (χ4v) is 3.30. The zero-order valence-electron chi connectivity index (χ0n) is 15.3. The smallest absolute Gasteiger partial charge is 0.335 e. The third-order valence-electron chi connectivity index (χ3n) is 4.69. The van der Waals surface area contributed by atoms with Crippen LogP contribution >= 0.6 is 0 Å². The number of nitrogens with one attached hydrogen (secondary N) is 1. The Morgan fingerprint density at radius 1 is 0.966 bits per heavy atom. The molecule has 0 aliphatic heterocycles. The fourth-order valence-electron chi connectivity index (χ4n) is 3.30. The van der Waals surface area contributed by atoms with Crippen LogP contribution in [0.3, 0.4) is 0 Å². The summed E-state index contributed by atoms with van der Waals surface area (Å²) in [5, 5.41) is 27.9. The molecule has 2 aromatic carbocycles. The van der Waals surface area contributed by atoms with Crippen LogP contribution in [0.25, 0.3) is 16.5 Å². The van der Waals surface area contributed by atoms with E-state index in [0.717, 1.165) is 41.1 Å². The second kappa shape index (κ2) is 7.55. The lowest BCUT2D eigenvalue weighted by molar-refractivity contribution is 0.0696. The highest BCUT2D eigenvalue weighted by Gasteiger charge is 2.16. The molecule has 1 aliphatic rings. The molecule has 3 N–H and O–H groups in total. The summed E-state index contributed by atoms with van der Waals surface area (Å²) in [6, 6.07) is 11.4. The molecule has 29 heavy (non-hydrogen) atoms. The van der Waals surface area contributed by atoms with E-state index in [2.05, 4.69) is 21.3 Å². The number of rotatable bonds is 5. The number of aromatic carboxylic acids is 2. The Morgan fingerprint density at radius 2 is 1.69 bits per heavy atom. The van der Waals surface area contributed by atoms with Crippen LogP contribution in [0, 0.1) is 0 Å². The lowest BCUT2D eigenvalue weighted by atomic mass is 10.0. The van der Waals surface area contributed by atoms with Crippen LogP contribution < -0.4 is 0 Å². The van der Waals surface area contributed by atoms with Gasteiger partial charge in [-0.05, 0) is 42.7 Å². The average Bonchev–Trinajstić information content (AvgIpc) is 3.11. The molecule has 144 valence electrons. The van der Waals surface area contributed by atoms with Gasteiger partial charge < -0.3 is 15.2 Å². The van der Waals surface area contributed by atoms with Crippen molar-refractivity contribution in [3.8, 4) is 0 Å². The number of para-hydroxylation sites is 1. The second-order valence-corrected chi connectivity index (χ2v) is 6.63. The van der Waals surface area contributed by atoms with E-state index in [1.165, 1.54) is 12.1 Å². The van der Waals surface area contributed by atoms with Gasteiger partial charge in [0.25, 0.3) is 0 Å². The number of allylic oxidation sites excluding steroid dienone is 4. The molecule has 3 aromatic rings. The molecule has 7 nitrogen and oxygen atoms in total. The number of benzene rings is 2. The maximum Gasteiger partial charge on any atom is 0.335 e. The summed E-state index contributed by atoms with van der Waals surface area (Å²) in [5.74, 6) is -2.45. The van der Waals surface area contributed by atoms with E-state index >= 15 is 0 Å².